The van der Waals surface area contributed by atoms with E-state index in [-0.39, 0.29) is 11.7 Å². The van der Waals surface area contributed by atoms with Gasteiger partial charge < -0.3 is 20.3 Å². The van der Waals surface area contributed by atoms with Gasteiger partial charge in [-0.1, -0.05) is 5.16 Å². The van der Waals surface area contributed by atoms with Crippen molar-refractivity contribution >= 4 is 17.3 Å². The smallest absolute Gasteiger partial charge is 0.294 e. The summed E-state index contributed by atoms with van der Waals surface area (Å²) in [6.07, 6.45) is 1.40. The SMILES string of the molecule is COc1ccc(NC(=O)c2ccno2)cc1N. The third kappa shape index (κ3) is 2.36. The molecule has 17 heavy (non-hydrogen) atoms. The van der Waals surface area contributed by atoms with Gasteiger partial charge >= 0.3 is 0 Å². The van der Waals surface area contributed by atoms with Crippen LogP contribution in [-0.2, 0) is 0 Å². The highest BCUT2D eigenvalue weighted by atomic mass is 16.5. The summed E-state index contributed by atoms with van der Waals surface area (Å²) in [4.78, 5) is 11.6. The van der Waals surface area contributed by atoms with Crippen LogP contribution in [0.4, 0.5) is 11.4 Å². The first-order valence-corrected chi connectivity index (χ1v) is 4.86. The van der Waals surface area contributed by atoms with Crippen LogP contribution in [0.1, 0.15) is 10.6 Å². The van der Waals surface area contributed by atoms with Gasteiger partial charge in [0.2, 0.25) is 5.76 Å². The quantitative estimate of drug-likeness (QED) is 0.784. The number of ether oxygens (including phenoxy) is 1. The van der Waals surface area contributed by atoms with Crippen LogP contribution in [0.3, 0.4) is 0 Å². The van der Waals surface area contributed by atoms with E-state index < -0.39 is 0 Å². The minimum absolute atomic E-state index is 0.138. The highest BCUT2D eigenvalue weighted by Gasteiger charge is 2.10. The Morgan fingerprint density at radius 2 is 2.29 bits per heavy atom. The van der Waals surface area contributed by atoms with E-state index in [1.54, 1.807) is 18.2 Å². The topological polar surface area (TPSA) is 90.4 Å². The number of carbonyl (C=O) groups is 1. The van der Waals surface area contributed by atoms with E-state index in [0.717, 1.165) is 0 Å². The van der Waals surface area contributed by atoms with Crippen LogP contribution in [-0.4, -0.2) is 18.2 Å². The predicted octanol–water partition coefficient (Wildman–Crippen LogP) is 1.52. The van der Waals surface area contributed by atoms with Gasteiger partial charge in [0.05, 0.1) is 19.0 Å². The number of hydrogen-bond donors (Lipinski definition) is 2. The van der Waals surface area contributed by atoms with Crippen molar-refractivity contribution in [3.8, 4) is 5.75 Å². The summed E-state index contributed by atoms with van der Waals surface area (Å²) < 4.78 is 9.74. The number of rotatable bonds is 3. The van der Waals surface area contributed by atoms with Crippen molar-refractivity contribution in [1.29, 1.82) is 0 Å². The van der Waals surface area contributed by atoms with E-state index in [1.165, 1.54) is 19.4 Å². The second kappa shape index (κ2) is 4.56. The number of nitrogen functional groups attached to an aromatic ring is 1. The molecule has 0 fully saturated rings. The fourth-order valence-electron chi connectivity index (χ4n) is 1.34. The van der Waals surface area contributed by atoms with E-state index in [4.69, 9.17) is 15.0 Å². The molecular weight excluding hydrogens is 222 g/mol. The average Bonchev–Trinajstić information content (AvgIpc) is 2.82. The van der Waals surface area contributed by atoms with E-state index in [1.807, 2.05) is 0 Å². The standard InChI is InChI=1S/C11H11N3O3/c1-16-9-3-2-7(6-8(9)12)14-11(15)10-4-5-13-17-10/h2-6H,12H2,1H3,(H,14,15). The van der Waals surface area contributed by atoms with Crippen molar-refractivity contribution in [2.75, 3.05) is 18.2 Å². The van der Waals surface area contributed by atoms with E-state index in [9.17, 15) is 4.79 Å². The number of methoxy groups -OCH3 is 1. The Bertz CT molecular complexity index is 523. The molecule has 1 amide bonds. The predicted molar refractivity (Wildman–Crippen MR) is 61.9 cm³/mol. The van der Waals surface area contributed by atoms with Crippen LogP contribution in [0.2, 0.25) is 0 Å². The summed E-state index contributed by atoms with van der Waals surface area (Å²) >= 11 is 0. The summed E-state index contributed by atoms with van der Waals surface area (Å²) in [7, 11) is 1.53. The van der Waals surface area contributed by atoms with Gasteiger partial charge in [-0.05, 0) is 18.2 Å². The van der Waals surface area contributed by atoms with Crippen LogP contribution in [0.15, 0.2) is 35.0 Å². The summed E-state index contributed by atoms with van der Waals surface area (Å²) in [5, 5.41) is 6.08. The lowest BCUT2D eigenvalue weighted by Crippen LogP contribution is -2.11. The first-order valence-electron chi connectivity index (χ1n) is 4.86. The van der Waals surface area contributed by atoms with Crippen molar-refractivity contribution in [2.45, 2.75) is 0 Å². The summed E-state index contributed by atoms with van der Waals surface area (Å²) in [5.74, 6) is 0.314. The molecule has 3 N–H and O–H groups in total. The summed E-state index contributed by atoms with van der Waals surface area (Å²) in [6, 6.07) is 6.43. The van der Waals surface area contributed by atoms with Gasteiger partial charge in [0.25, 0.3) is 5.91 Å². The number of hydrogen-bond acceptors (Lipinski definition) is 5. The minimum atomic E-state index is -0.382. The number of benzene rings is 1. The molecule has 2 rings (SSSR count). The molecule has 1 aromatic heterocycles. The molecule has 0 unspecified atom stereocenters. The number of amides is 1. The third-order valence-corrected chi connectivity index (χ3v) is 2.15. The Balaban J connectivity index is 2.14. The third-order valence-electron chi connectivity index (χ3n) is 2.15. The molecule has 0 atom stereocenters. The van der Waals surface area contributed by atoms with Gasteiger partial charge in [-0.15, -0.1) is 0 Å². The highest BCUT2D eigenvalue weighted by Crippen LogP contribution is 2.24. The van der Waals surface area contributed by atoms with Crippen molar-refractivity contribution in [3.63, 3.8) is 0 Å². The largest absolute Gasteiger partial charge is 0.495 e. The van der Waals surface area contributed by atoms with E-state index >= 15 is 0 Å². The van der Waals surface area contributed by atoms with E-state index in [0.29, 0.717) is 17.1 Å². The number of nitrogens with one attached hydrogen (secondary N) is 1. The Kier molecular flexibility index (Phi) is 2.95. The Hall–Kier alpha value is -2.50. The van der Waals surface area contributed by atoms with Gasteiger partial charge in [-0.3, -0.25) is 4.79 Å². The van der Waals surface area contributed by atoms with Crippen LogP contribution in [0.25, 0.3) is 0 Å². The van der Waals surface area contributed by atoms with E-state index in [2.05, 4.69) is 10.5 Å². The van der Waals surface area contributed by atoms with Crippen molar-refractivity contribution < 1.29 is 14.1 Å². The fourth-order valence-corrected chi connectivity index (χ4v) is 1.34. The molecule has 0 saturated heterocycles. The molecule has 0 aliphatic carbocycles. The minimum Gasteiger partial charge on any atom is -0.495 e. The second-order valence-corrected chi connectivity index (χ2v) is 3.29. The normalized spacial score (nSPS) is 9.94. The van der Waals surface area contributed by atoms with Gasteiger partial charge in [0.1, 0.15) is 5.75 Å². The van der Waals surface area contributed by atoms with Gasteiger partial charge in [0, 0.05) is 11.8 Å². The molecule has 0 radical (unpaired) electrons. The molecular formula is C11H11N3O3. The maximum absolute atomic E-state index is 11.6. The zero-order valence-corrected chi connectivity index (χ0v) is 9.14. The monoisotopic (exact) mass is 233 g/mol. The van der Waals surface area contributed by atoms with Crippen molar-refractivity contribution in [1.82, 2.24) is 5.16 Å². The highest BCUT2D eigenvalue weighted by molar-refractivity contribution is 6.02. The van der Waals surface area contributed by atoms with Crippen LogP contribution >= 0.6 is 0 Å². The molecule has 2 aromatic rings. The lowest BCUT2D eigenvalue weighted by Gasteiger charge is -2.07. The number of nitrogens with two attached hydrogens (primary N) is 1. The molecule has 0 bridgehead atoms. The van der Waals surface area contributed by atoms with Crippen molar-refractivity contribution in [2.24, 2.45) is 0 Å². The average molecular weight is 233 g/mol. The van der Waals surface area contributed by atoms with Crippen LogP contribution < -0.4 is 15.8 Å². The summed E-state index contributed by atoms with van der Waals surface area (Å²) in [5.41, 5.74) is 6.72. The Morgan fingerprint density at radius 3 is 2.88 bits per heavy atom. The number of anilines is 2. The molecule has 0 saturated carbocycles. The molecule has 1 aromatic carbocycles. The van der Waals surface area contributed by atoms with Crippen molar-refractivity contribution in [3.05, 3.63) is 36.2 Å². The lowest BCUT2D eigenvalue weighted by molar-refractivity contribution is 0.0988. The van der Waals surface area contributed by atoms with Gasteiger partial charge in [-0.2, -0.15) is 0 Å². The number of aromatic nitrogens is 1. The maximum Gasteiger partial charge on any atom is 0.294 e. The molecule has 0 aliphatic rings. The first kappa shape index (κ1) is 11.0. The molecule has 0 aliphatic heterocycles. The lowest BCUT2D eigenvalue weighted by atomic mass is 10.2. The molecule has 6 heteroatoms. The molecule has 0 spiro atoms. The maximum atomic E-state index is 11.6. The summed E-state index contributed by atoms with van der Waals surface area (Å²) in [6.45, 7) is 0. The Labute approximate surface area is 97.3 Å². The van der Waals surface area contributed by atoms with Crippen LogP contribution in [0, 0.1) is 0 Å². The number of nitrogens with zero attached hydrogens (tertiary/aromatic N) is 1. The van der Waals surface area contributed by atoms with Gasteiger partial charge in [0.15, 0.2) is 0 Å². The first-order chi connectivity index (χ1) is 8.20. The molecule has 6 nitrogen and oxygen atoms in total. The van der Waals surface area contributed by atoms with Crippen LogP contribution in [0.5, 0.6) is 5.75 Å². The zero-order chi connectivity index (χ0) is 12.3. The molecule has 1 heterocycles. The zero-order valence-electron chi connectivity index (χ0n) is 9.14. The second-order valence-electron chi connectivity index (χ2n) is 3.29. The molecule has 88 valence electrons. The van der Waals surface area contributed by atoms with Gasteiger partial charge in [-0.25, -0.2) is 0 Å². The number of carbonyl (C=O) groups excluding carboxylic acids is 1. The Morgan fingerprint density at radius 1 is 1.47 bits per heavy atom. The fraction of sp³-hybridized carbons (Fsp3) is 0.0909.